The van der Waals surface area contributed by atoms with Crippen molar-refractivity contribution < 1.29 is 9.90 Å². The summed E-state index contributed by atoms with van der Waals surface area (Å²) < 4.78 is 3.26. The topological polar surface area (TPSA) is 55.1 Å². The molecule has 0 saturated carbocycles. The molecule has 0 saturated heterocycles. The number of hydrogen-bond donors (Lipinski definition) is 1. The SMILES string of the molecule is C[C@H](C(=O)O)n1nc(Br)c(Br)c1Br. The van der Waals surface area contributed by atoms with E-state index in [-0.39, 0.29) is 0 Å². The molecule has 0 aromatic carbocycles. The van der Waals surface area contributed by atoms with Crippen LogP contribution in [-0.4, -0.2) is 20.9 Å². The predicted molar refractivity (Wildman–Crippen MR) is 57.7 cm³/mol. The molecule has 1 aromatic heterocycles. The first-order chi connectivity index (χ1) is 5.95. The van der Waals surface area contributed by atoms with E-state index in [1.807, 2.05) is 0 Å². The van der Waals surface area contributed by atoms with Crippen molar-refractivity contribution in [2.24, 2.45) is 0 Å². The van der Waals surface area contributed by atoms with E-state index in [4.69, 9.17) is 5.11 Å². The third kappa shape index (κ3) is 2.13. The molecule has 0 fully saturated rings. The van der Waals surface area contributed by atoms with Crippen molar-refractivity contribution in [2.45, 2.75) is 13.0 Å². The molecule has 13 heavy (non-hydrogen) atoms. The summed E-state index contributed by atoms with van der Waals surface area (Å²) in [5.74, 6) is -0.928. The van der Waals surface area contributed by atoms with Gasteiger partial charge in [0.25, 0.3) is 0 Å². The van der Waals surface area contributed by atoms with Crippen molar-refractivity contribution in [3.63, 3.8) is 0 Å². The number of carboxylic acids is 1. The van der Waals surface area contributed by atoms with Gasteiger partial charge < -0.3 is 5.11 Å². The summed E-state index contributed by atoms with van der Waals surface area (Å²) in [6, 6.07) is -0.697. The van der Waals surface area contributed by atoms with Crippen LogP contribution in [0.3, 0.4) is 0 Å². The van der Waals surface area contributed by atoms with Gasteiger partial charge in [0.05, 0.1) is 4.47 Å². The Morgan fingerprint density at radius 1 is 1.54 bits per heavy atom. The lowest BCUT2D eigenvalue weighted by Gasteiger charge is -2.07. The smallest absolute Gasteiger partial charge is 0.328 e. The van der Waals surface area contributed by atoms with E-state index < -0.39 is 12.0 Å². The Hall–Kier alpha value is 0.120. The van der Waals surface area contributed by atoms with Gasteiger partial charge in [0.1, 0.15) is 15.2 Å². The molecule has 0 spiro atoms. The lowest BCUT2D eigenvalue weighted by Crippen LogP contribution is -2.16. The van der Waals surface area contributed by atoms with Crippen molar-refractivity contribution in [1.82, 2.24) is 9.78 Å². The number of carboxylic acid groups (broad SMARTS) is 1. The lowest BCUT2D eigenvalue weighted by molar-refractivity contribution is -0.140. The van der Waals surface area contributed by atoms with Crippen LogP contribution in [0.2, 0.25) is 0 Å². The van der Waals surface area contributed by atoms with Crippen LogP contribution in [0.15, 0.2) is 13.7 Å². The lowest BCUT2D eigenvalue weighted by atomic mass is 10.4. The van der Waals surface area contributed by atoms with E-state index in [0.29, 0.717) is 13.7 Å². The van der Waals surface area contributed by atoms with E-state index in [2.05, 4.69) is 52.9 Å². The Morgan fingerprint density at radius 3 is 2.38 bits per heavy atom. The van der Waals surface area contributed by atoms with E-state index in [1.54, 1.807) is 6.92 Å². The molecule has 72 valence electrons. The molecule has 0 amide bonds. The quantitative estimate of drug-likeness (QED) is 0.863. The minimum absolute atomic E-state index is 0.576. The molecule has 0 aliphatic carbocycles. The number of nitrogens with zero attached hydrogens (tertiary/aromatic N) is 2. The zero-order chi connectivity index (χ0) is 10.2. The van der Waals surface area contributed by atoms with Gasteiger partial charge in [-0.2, -0.15) is 5.10 Å². The predicted octanol–water partition coefficient (Wildman–Crippen LogP) is 2.82. The average molecular weight is 377 g/mol. The summed E-state index contributed by atoms with van der Waals surface area (Å²) in [4.78, 5) is 10.7. The Morgan fingerprint density at radius 2 is 2.08 bits per heavy atom. The molecule has 0 bridgehead atoms. The second kappa shape index (κ2) is 4.10. The maximum atomic E-state index is 10.7. The molecule has 4 nitrogen and oxygen atoms in total. The summed E-state index contributed by atoms with van der Waals surface area (Å²) in [6.07, 6.45) is 0. The Balaban J connectivity index is 3.15. The van der Waals surface area contributed by atoms with Crippen LogP contribution in [0, 0.1) is 0 Å². The first kappa shape index (κ1) is 11.2. The number of rotatable bonds is 2. The highest BCUT2D eigenvalue weighted by Gasteiger charge is 2.20. The highest BCUT2D eigenvalue weighted by Crippen LogP contribution is 2.32. The average Bonchev–Trinajstić information content (AvgIpc) is 2.31. The molecule has 7 heteroatoms. The van der Waals surface area contributed by atoms with Gasteiger partial charge in [-0.3, -0.25) is 0 Å². The maximum absolute atomic E-state index is 10.7. The minimum atomic E-state index is -0.928. The molecular weight excluding hydrogens is 372 g/mol. The van der Waals surface area contributed by atoms with Gasteiger partial charge in [-0.15, -0.1) is 0 Å². The second-order valence-electron chi connectivity index (χ2n) is 2.35. The molecule has 1 heterocycles. The fourth-order valence-electron chi connectivity index (χ4n) is 0.729. The van der Waals surface area contributed by atoms with Crippen molar-refractivity contribution in [3.05, 3.63) is 13.7 Å². The monoisotopic (exact) mass is 374 g/mol. The summed E-state index contributed by atoms with van der Waals surface area (Å²) >= 11 is 9.66. The van der Waals surface area contributed by atoms with Crippen molar-refractivity contribution in [2.75, 3.05) is 0 Å². The molecule has 0 aliphatic heterocycles. The summed E-state index contributed by atoms with van der Waals surface area (Å²) in [6.45, 7) is 1.55. The molecular formula is C6H5Br3N2O2. The number of hydrogen-bond acceptors (Lipinski definition) is 2. The van der Waals surface area contributed by atoms with Gasteiger partial charge in [0.15, 0.2) is 0 Å². The van der Waals surface area contributed by atoms with E-state index >= 15 is 0 Å². The van der Waals surface area contributed by atoms with Crippen LogP contribution in [-0.2, 0) is 4.79 Å². The van der Waals surface area contributed by atoms with Gasteiger partial charge in [-0.25, -0.2) is 9.48 Å². The number of aromatic nitrogens is 2. The molecule has 1 rings (SSSR count). The van der Waals surface area contributed by atoms with E-state index in [0.717, 1.165) is 0 Å². The summed E-state index contributed by atoms with van der Waals surface area (Å²) in [5, 5.41) is 12.7. The highest BCUT2D eigenvalue weighted by atomic mass is 79.9. The summed E-state index contributed by atoms with van der Waals surface area (Å²) in [5.41, 5.74) is 0. The van der Waals surface area contributed by atoms with Gasteiger partial charge in [-0.05, 0) is 54.7 Å². The molecule has 0 aliphatic rings. The molecule has 1 aromatic rings. The van der Waals surface area contributed by atoms with Crippen molar-refractivity contribution in [3.8, 4) is 0 Å². The van der Waals surface area contributed by atoms with Crippen LogP contribution >= 0.6 is 47.8 Å². The second-order valence-corrected chi connectivity index (χ2v) is 4.65. The van der Waals surface area contributed by atoms with Gasteiger partial charge in [-0.1, -0.05) is 0 Å². The highest BCUT2D eigenvalue weighted by molar-refractivity contribution is 9.14. The molecule has 0 radical (unpaired) electrons. The van der Waals surface area contributed by atoms with Gasteiger partial charge in [0.2, 0.25) is 0 Å². The zero-order valence-electron chi connectivity index (χ0n) is 6.46. The number of carbonyl (C=O) groups is 1. The zero-order valence-corrected chi connectivity index (χ0v) is 11.2. The van der Waals surface area contributed by atoms with Crippen LogP contribution in [0.5, 0.6) is 0 Å². The fraction of sp³-hybridized carbons (Fsp3) is 0.333. The third-order valence-corrected chi connectivity index (χ3v) is 4.61. The molecule has 0 unspecified atom stereocenters. The van der Waals surface area contributed by atoms with Crippen molar-refractivity contribution in [1.29, 1.82) is 0 Å². The van der Waals surface area contributed by atoms with E-state index in [1.165, 1.54) is 4.68 Å². The Labute approximate surface area is 99.7 Å². The first-order valence-corrected chi connectivity index (χ1v) is 5.65. The first-order valence-electron chi connectivity index (χ1n) is 3.27. The Bertz CT molecular complexity index is 350. The maximum Gasteiger partial charge on any atom is 0.328 e. The standard InChI is InChI=1S/C6H5Br3N2O2/c1-2(6(12)13)11-5(9)3(7)4(8)10-11/h2H,1H3,(H,12,13)/t2-/m1/s1. The summed E-state index contributed by atoms with van der Waals surface area (Å²) in [7, 11) is 0. The third-order valence-electron chi connectivity index (χ3n) is 1.48. The van der Waals surface area contributed by atoms with Crippen LogP contribution in [0.4, 0.5) is 0 Å². The normalized spacial score (nSPS) is 12.9. The van der Waals surface area contributed by atoms with Gasteiger partial charge in [0, 0.05) is 0 Å². The van der Waals surface area contributed by atoms with Crippen molar-refractivity contribution >= 4 is 53.8 Å². The van der Waals surface area contributed by atoms with Gasteiger partial charge >= 0.3 is 5.97 Å². The van der Waals surface area contributed by atoms with Crippen LogP contribution in [0.1, 0.15) is 13.0 Å². The van der Waals surface area contributed by atoms with E-state index in [9.17, 15) is 4.79 Å². The van der Waals surface area contributed by atoms with Crippen LogP contribution < -0.4 is 0 Å². The number of halogens is 3. The molecule has 1 atom stereocenters. The number of aliphatic carboxylic acids is 1. The Kier molecular flexibility index (Phi) is 3.53. The molecule has 1 N–H and O–H groups in total. The fourth-order valence-corrected chi connectivity index (χ4v) is 2.19. The largest absolute Gasteiger partial charge is 0.480 e. The van der Waals surface area contributed by atoms with Crippen LogP contribution in [0.25, 0.3) is 0 Å². The minimum Gasteiger partial charge on any atom is -0.480 e.